The monoisotopic (exact) mass is 586 g/mol. The first-order chi connectivity index (χ1) is 22.8. The first-order valence-corrected chi connectivity index (χ1v) is 15.7. The highest BCUT2D eigenvalue weighted by molar-refractivity contribution is 6.24. The maximum atomic E-state index is 7.11. The topological polar surface area (TPSA) is 26.3 Å². The largest absolute Gasteiger partial charge is 0.452 e. The molecule has 0 aliphatic rings. The van der Waals surface area contributed by atoms with Gasteiger partial charge in [-0.15, -0.1) is 0 Å². The number of fused-ring (bicyclic) bond motifs is 8. The summed E-state index contributed by atoms with van der Waals surface area (Å²) in [6.07, 6.45) is 0. The second kappa shape index (κ2) is 9.69. The highest BCUT2D eigenvalue weighted by Gasteiger charge is 2.26. The Hall–Kier alpha value is -6.12. The smallest absolute Gasteiger partial charge is 0.178 e. The fourth-order valence-corrected chi connectivity index (χ4v) is 7.43. The van der Waals surface area contributed by atoms with Gasteiger partial charge in [-0.05, 0) is 73.3 Å². The Morgan fingerprint density at radius 2 is 0.870 bits per heavy atom. The fraction of sp³-hybridized carbons (Fsp3) is 0. The second-order valence-electron chi connectivity index (χ2n) is 12.0. The Labute approximate surface area is 264 Å². The fourth-order valence-electron chi connectivity index (χ4n) is 7.43. The van der Waals surface area contributed by atoms with Gasteiger partial charge < -0.3 is 8.83 Å². The van der Waals surface area contributed by atoms with Crippen LogP contribution in [0.15, 0.2) is 167 Å². The molecular formula is C44H26O2. The molecule has 0 N–H and O–H groups in total. The van der Waals surface area contributed by atoms with Crippen molar-refractivity contribution >= 4 is 65.2 Å². The molecule has 0 saturated carbocycles. The molecule has 2 nitrogen and oxygen atoms in total. The van der Waals surface area contributed by atoms with Crippen LogP contribution in [0.3, 0.4) is 0 Å². The molecule has 0 fully saturated rings. The van der Waals surface area contributed by atoms with Crippen molar-refractivity contribution in [2.24, 2.45) is 0 Å². The summed E-state index contributed by atoms with van der Waals surface area (Å²) in [4.78, 5) is 0. The van der Waals surface area contributed by atoms with E-state index < -0.39 is 0 Å². The van der Waals surface area contributed by atoms with Crippen molar-refractivity contribution in [1.29, 1.82) is 0 Å². The molecule has 8 aromatic carbocycles. The van der Waals surface area contributed by atoms with Crippen LogP contribution in [-0.4, -0.2) is 0 Å². The molecule has 0 bridgehead atoms. The van der Waals surface area contributed by atoms with E-state index in [1.165, 1.54) is 32.7 Å². The average molecular weight is 587 g/mol. The molecule has 2 heterocycles. The summed E-state index contributed by atoms with van der Waals surface area (Å²) in [6.45, 7) is 0. The van der Waals surface area contributed by atoms with Crippen LogP contribution in [0.4, 0.5) is 0 Å². The van der Waals surface area contributed by atoms with Gasteiger partial charge in [0.2, 0.25) is 0 Å². The van der Waals surface area contributed by atoms with Crippen LogP contribution < -0.4 is 0 Å². The zero-order valence-corrected chi connectivity index (χ0v) is 24.8. The molecule has 0 unspecified atom stereocenters. The lowest BCUT2D eigenvalue weighted by atomic mass is 9.85. The Bertz CT molecular complexity index is 2740. The highest BCUT2D eigenvalue weighted by atomic mass is 16.4. The van der Waals surface area contributed by atoms with Crippen LogP contribution in [0, 0.1) is 0 Å². The van der Waals surface area contributed by atoms with Gasteiger partial charge >= 0.3 is 0 Å². The standard InChI is InChI=1S/C44H26O2/c1-2-13-28(14-3-1)40-37-25-24-36-31-16-10-11-21-38(31)45-42(36)43(37)46-44(40)41-34-19-8-6-17-32(34)39(33-18-7-9-20-35(33)41)30-23-22-27-12-4-5-15-29(27)26-30/h1-26H. The molecule has 0 amide bonds. The zero-order valence-electron chi connectivity index (χ0n) is 24.8. The number of benzene rings is 8. The van der Waals surface area contributed by atoms with E-state index in [2.05, 4.69) is 146 Å². The molecule has 0 saturated heterocycles. The second-order valence-corrected chi connectivity index (χ2v) is 12.0. The predicted octanol–water partition coefficient (Wildman–Crippen LogP) is 12.8. The van der Waals surface area contributed by atoms with E-state index in [0.29, 0.717) is 0 Å². The molecule has 0 aliphatic carbocycles. The third kappa shape index (κ3) is 3.59. The van der Waals surface area contributed by atoms with Gasteiger partial charge in [0.25, 0.3) is 0 Å². The number of furan rings is 2. The Morgan fingerprint density at radius 3 is 1.61 bits per heavy atom. The summed E-state index contributed by atoms with van der Waals surface area (Å²) in [5.74, 6) is 0.853. The van der Waals surface area contributed by atoms with E-state index in [1.807, 2.05) is 12.1 Å². The van der Waals surface area contributed by atoms with Crippen molar-refractivity contribution in [2.45, 2.75) is 0 Å². The summed E-state index contributed by atoms with van der Waals surface area (Å²) in [5, 5.41) is 10.4. The Kier molecular flexibility index (Phi) is 5.31. The number of hydrogen-bond acceptors (Lipinski definition) is 2. The first kappa shape index (κ1) is 25.2. The summed E-state index contributed by atoms with van der Waals surface area (Å²) in [7, 11) is 0. The van der Waals surface area contributed by atoms with Crippen molar-refractivity contribution in [2.75, 3.05) is 0 Å². The maximum absolute atomic E-state index is 7.11. The summed E-state index contributed by atoms with van der Waals surface area (Å²) in [6, 6.07) is 56.0. The average Bonchev–Trinajstić information content (AvgIpc) is 3.69. The van der Waals surface area contributed by atoms with Crippen molar-refractivity contribution in [3.05, 3.63) is 158 Å². The van der Waals surface area contributed by atoms with Crippen LogP contribution in [0.2, 0.25) is 0 Å². The Morgan fingerprint density at radius 1 is 0.304 bits per heavy atom. The quantitative estimate of drug-likeness (QED) is 0.193. The molecule has 10 rings (SSSR count). The zero-order chi connectivity index (χ0) is 30.2. The van der Waals surface area contributed by atoms with Crippen LogP contribution in [0.5, 0.6) is 0 Å². The van der Waals surface area contributed by atoms with Gasteiger partial charge in [0.15, 0.2) is 11.2 Å². The summed E-state index contributed by atoms with van der Waals surface area (Å²) in [5.41, 5.74) is 8.13. The molecular weight excluding hydrogens is 560 g/mol. The van der Waals surface area contributed by atoms with Crippen LogP contribution >= 0.6 is 0 Å². The van der Waals surface area contributed by atoms with Crippen LogP contribution in [-0.2, 0) is 0 Å². The van der Waals surface area contributed by atoms with Gasteiger partial charge in [0.1, 0.15) is 11.3 Å². The molecule has 2 heteroatoms. The van der Waals surface area contributed by atoms with Gasteiger partial charge in [0, 0.05) is 27.3 Å². The van der Waals surface area contributed by atoms with Crippen molar-refractivity contribution < 1.29 is 8.83 Å². The minimum absolute atomic E-state index is 0.773. The van der Waals surface area contributed by atoms with Crippen LogP contribution in [0.1, 0.15) is 0 Å². The van der Waals surface area contributed by atoms with Crippen LogP contribution in [0.25, 0.3) is 98.8 Å². The van der Waals surface area contributed by atoms with E-state index in [-0.39, 0.29) is 0 Å². The number of hydrogen-bond donors (Lipinski definition) is 0. The summed E-state index contributed by atoms with van der Waals surface area (Å²) < 4.78 is 13.6. The van der Waals surface area contributed by atoms with E-state index in [0.717, 1.165) is 66.1 Å². The molecule has 214 valence electrons. The third-order valence-corrected chi connectivity index (χ3v) is 9.46. The SMILES string of the molecule is c1ccc(-c2c(-c3c4ccccc4c(-c4ccc5ccccc5c4)c4ccccc34)oc3c2ccc2c4ccccc4oc23)cc1. The third-order valence-electron chi connectivity index (χ3n) is 9.46. The first-order valence-electron chi connectivity index (χ1n) is 15.7. The highest BCUT2D eigenvalue weighted by Crippen LogP contribution is 2.50. The van der Waals surface area contributed by atoms with Crippen molar-refractivity contribution in [3.8, 4) is 33.6 Å². The number of rotatable bonds is 3. The normalized spacial score (nSPS) is 11.9. The van der Waals surface area contributed by atoms with E-state index in [9.17, 15) is 0 Å². The lowest BCUT2D eigenvalue weighted by Gasteiger charge is -2.17. The molecule has 0 atom stereocenters. The molecule has 0 radical (unpaired) electrons. The Balaban J connectivity index is 1.36. The number of para-hydroxylation sites is 1. The molecule has 46 heavy (non-hydrogen) atoms. The molecule has 0 spiro atoms. The van der Waals surface area contributed by atoms with E-state index in [4.69, 9.17) is 8.83 Å². The van der Waals surface area contributed by atoms with Gasteiger partial charge in [-0.25, -0.2) is 0 Å². The van der Waals surface area contributed by atoms with Crippen molar-refractivity contribution in [1.82, 2.24) is 0 Å². The molecule has 0 aliphatic heterocycles. The predicted molar refractivity (Wildman–Crippen MR) is 192 cm³/mol. The summed E-state index contributed by atoms with van der Waals surface area (Å²) >= 11 is 0. The van der Waals surface area contributed by atoms with Gasteiger partial charge in [-0.3, -0.25) is 0 Å². The van der Waals surface area contributed by atoms with Gasteiger partial charge in [-0.1, -0.05) is 133 Å². The maximum Gasteiger partial charge on any atom is 0.178 e. The van der Waals surface area contributed by atoms with Gasteiger partial charge in [-0.2, -0.15) is 0 Å². The lowest BCUT2D eigenvalue weighted by Crippen LogP contribution is -1.91. The van der Waals surface area contributed by atoms with Gasteiger partial charge in [0.05, 0.1) is 0 Å². The van der Waals surface area contributed by atoms with E-state index in [1.54, 1.807) is 0 Å². The minimum atomic E-state index is 0.773. The minimum Gasteiger partial charge on any atom is -0.452 e. The lowest BCUT2D eigenvalue weighted by molar-refractivity contribution is 0.613. The molecule has 10 aromatic rings. The van der Waals surface area contributed by atoms with Crippen molar-refractivity contribution in [3.63, 3.8) is 0 Å². The molecule has 2 aromatic heterocycles. The van der Waals surface area contributed by atoms with E-state index >= 15 is 0 Å².